The minimum atomic E-state index is -4.72. The first-order valence-electron chi connectivity index (χ1n) is 11.5. The molecule has 2 aromatic heterocycles. The third kappa shape index (κ3) is 5.01. The van der Waals surface area contributed by atoms with Gasteiger partial charge in [0.25, 0.3) is 0 Å². The number of pyridine rings is 1. The fourth-order valence-electron chi connectivity index (χ4n) is 4.19. The van der Waals surface area contributed by atoms with Crippen LogP contribution in [0.2, 0.25) is 0 Å². The molecule has 0 aliphatic rings. The van der Waals surface area contributed by atoms with Gasteiger partial charge in [-0.05, 0) is 79.9 Å². The minimum absolute atomic E-state index is 0.364. The summed E-state index contributed by atoms with van der Waals surface area (Å²) in [7, 11) is -2.87. The second-order valence-electron chi connectivity index (χ2n) is 8.71. The van der Waals surface area contributed by atoms with E-state index in [1.165, 1.54) is 12.1 Å². The van der Waals surface area contributed by atoms with Crippen LogP contribution in [0.3, 0.4) is 0 Å². The van der Waals surface area contributed by atoms with Crippen LogP contribution in [-0.4, -0.2) is 37.3 Å². The first-order valence-corrected chi connectivity index (χ1v) is 13.0. The lowest BCUT2D eigenvalue weighted by Crippen LogP contribution is -2.42. The number of ether oxygens (including phenoxy) is 1. The summed E-state index contributed by atoms with van der Waals surface area (Å²) >= 11 is 0. The van der Waals surface area contributed by atoms with Crippen LogP contribution < -0.4 is 15.2 Å². The number of alkyl halides is 3. The second-order valence-corrected chi connectivity index (χ2v) is 10.4. The number of halogens is 3. The van der Waals surface area contributed by atoms with E-state index in [2.05, 4.69) is 18.0 Å². The van der Waals surface area contributed by atoms with Crippen LogP contribution in [0.1, 0.15) is 25.0 Å². The number of fused-ring (bicyclic) bond motifs is 1. The molecule has 4 rings (SSSR count). The lowest BCUT2D eigenvalue weighted by Gasteiger charge is -2.17. The van der Waals surface area contributed by atoms with Gasteiger partial charge in [-0.2, -0.15) is 17.9 Å². The predicted molar refractivity (Wildman–Crippen MR) is 137 cm³/mol. The number of sulfonamides is 1. The predicted octanol–water partition coefficient (Wildman–Crippen LogP) is 5.38. The number of hydrogen-bond donors (Lipinski definition) is 2. The van der Waals surface area contributed by atoms with Gasteiger partial charge in [0.1, 0.15) is 16.7 Å². The zero-order chi connectivity index (χ0) is 27.1. The van der Waals surface area contributed by atoms with Crippen LogP contribution in [0.4, 0.5) is 18.9 Å². The molecule has 0 amide bonds. The highest BCUT2D eigenvalue weighted by molar-refractivity contribution is 7.89. The van der Waals surface area contributed by atoms with E-state index < -0.39 is 22.2 Å². The highest BCUT2D eigenvalue weighted by Crippen LogP contribution is 2.39. The van der Waals surface area contributed by atoms with E-state index in [1.807, 2.05) is 41.8 Å². The molecule has 37 heavy (non-hydrogen) atoms. The molecular formula is C26H27F3N4O3S. The topological polar surface area (TPSA) is 99.2 Å². The SMILES string of the molecule is CCc1cc2c(cc1C)c(N)c(-c1ccc(S(=O)(=O)NC(C)C(F)(F)F)cn1)n2-c1ccc(OC)cc1. The van der Waals surface area contributed by atoms with E-state index in [9.17, 15) is 21.6 Å². The van der Waals surface area contributed by atoms with Gasteiger partial charge < -0.3 is 15.0 Å². The number of aromatic nitrogens is 2. The Labute approximate surface area is 213 Å². The molecule has 7 nitrogen and oxygen atoms in total. The van der Waals surface area contributed by atoms with Gasteiger partial charge in [0.2, 0.25) is 10.0 Å². The molecular weight excluding hydrogens is 505 g/mol. The average molecular weight is 533 g/mol. The summed E-state index contributed by atoms with van der Waals surface area (Å²) in [5.41, 5.74) is 11.8. The van der Waals surface area contributed by atoms with Crippen LogP contribution in [0, 0.1) is 6.92 Å². The third-order valence-electron chi connectivity index (χ3n) is 6.29. The molecule has 0 aliphatic carbocycles. The van der Waals surface area contributed by atoms with Gasteiger partial charge in [-0.15, -0.1) is 0 Å². The monoisotopic (exact) mass is 532 g/mol. The van der Waals surface area contributed by atoms with E-state index in [0.717, 1.165) is 47.3 Å². The molecule has 3 N–H and O–H groups in total. The molecule has 1 unspecified atom stereocenters. The van der Waals surface area contributed by atoms with Gasteiger partial charge in [-0.1, -0.05) is 6.92 Å². The molecule has 2 heterocycles. The lowest BCUT2D eigenvalue weighted by atomic mass is 10.0. The van der Waals surface area contributed by atoms with Gasteiger partial charge in [0.15, 0.2) is 0 Å². The number of hydrogen-bond acceptors (Lipinski definition) is 5. The Balaban J connectivity index is 1.88. The zero-order valence-electron chi connectivity index (χ0n) is 20.7. The fourth-order valence-corrected chi connectivity index (χ4v) is 5.36. The summed E-state index contributed by atoms with van der Waals surface area (Å²) in [4.78, 5) is 3.91. The normalized spacial score (nSPS) is 13.2. The van der Waals surface area contributed by atoms with Crippen LogP contribution in [0.5, 0.6) is 5.75 Å². The van der Waals surface area contributed by atoms with Crippen molar-refractivity contribution < 1.29 is 26.3 Å². The number of anilines is 1. The largest absolute Gasteiger partial charge is 0.497 e. The lowest BCUT2D eigenvalue weighted by molar-refractivity contribution is -0.147. The maximum Gasteiger partial charge on any atom is 0.404 e. The number of nitrogen functional groups attached to an aromatic ring is 1. The molecule has 1 atom stereocenters. The number of methoxy groups -OCH3 is 1. The van der Waals surface area contributed by atoms with Crippen molar-refractivity contribution in [2.75, 3.05) is 12.8 Å². The maximum absolute atomic E-state index is 12.9. The molecule has 0 aliphatic heterocycles. The Bertz CT molecular complexity index is 1550. The Hall–Kier alpha value is -3.57. The zero-order valence-corrected chi connectivity index (χ0v) is 21.5. The van der Waals surface area contributed by atoms with Crippen LogP contribution >= 0.6 is 0 Å². The van der Waals surface area contributed by atoms with Crippen molar-refractivity contribution in [1.29, 1.82) is 0 Å². The summed E-state index contributed by atoms with van der Waals surface area (Å²) in [6.45, 7) is 4.81. The van der Waals surface area contributed by atoms with Crippen LogP contribution in [-0.2, 0) is 16.4 Å². The van der Waals surface area contributed by atoms with Crippen molar-refractivity contribution in [3.05, 3.63) is 65.9 Å². The second kappa shape index (κ2) is 9.71. The molecule has 0 spiro atoms. The molecule has 2 aromatic carbocycles. The quantitative estimate of drug-likeness (QED) is 0.333. The highest BCUT2D eigenvalue weighted by atomic mass is 32.2. The molecule has 0 bridgehead atoms. The molecule has 11 heteroatoms. The van der Waals surface area contributed by atoms with Gasteiger partial charge in [0, 0.05) is 17.3 Å². The summed E-state index contributed by atoms with van der Waals surface area (Å²) < 4.78 is 72.6. The standard InChI is InChI=1S/C26H27F3N4O3S/c1-5-17-13-23-21(12-15(17)2)24(30)25(33(23)18-6-8-19(36-4)9-7-18)22-11-10-20(14-31-22)37(34,35)32-16(3)26(27,28)29/h6-14,16,32H,5,30H2,1-4H3. The average Bonchev–Trinajstić information content (AvgIpc) is 3.14. The number of aryl methyl sites for hydroxylation is 2. The van der Waals surface area contributed by atoms with Gasteiger partial charge in [-0.3, -0.25) is 4.98 Å². The van der Waals surface area contributed by atoms with E-state index in [4.69, 9.17) is 10.5 Å². The Morgan fingerprint density at radius 3 is 2.35 bits per heavy atom. The van der Waals surface area contributed by atoms with E-state index in [0.29, 0.717) is 22.8 Å². The van der Waals surface area contributed by atoms with Crippen molar-refractivity contribution in [3.63, 3.8) is 0 Å². The van der Waals surface area contributed by atoms with E-state index in [1.54, 1.807) is 11.8 Å². The number of nitrogens with zero attached hydrogens (tertiary/aromatic N) is 2. The third-order valence-corrected chi connectivity index (χ3v) is 7.81. The summed E-state index contributed by atoms with van der Waals surface area (Å²) in [5, 5.41) is 0.805. The summed E-state index contributed by atoms with van der Waals surface area (Å²) in [6, 6.07) is 11.8. The van der Waals surface area contributed by atoms with Crippen LogP contribution in [0.15, 0.2) is 59.6 Å². The summed E-state index contributed by atoms with van der Waals surface area (Å²) in [5.74, 6) is 0.674. The first-order chi connectivity index (χ1) is 17.4. The number of nitrogens with one attached hydrogen (secondary N) is 1. The smallest absolute Gasteiger partial charge is 0.404 e. The Morgan fingerprint density at radius 1 is 1.14 bits per heavy atom. The van der Waals surface area contributed by atoms with Crippen molar-refractivity contribution >= 4 is 26.6 Å². The molecule has 0 radical (unpaired) electrons. The first kappa shape index (κ1) is 26.5. The maximum atomic E-state index is 12.9. The molecule has 0 saturated carbocycles. The van der Waals surface area contributed by atoms with Gasteiger partial charge >= 0.3 is 6.18 Å². The van der Waals surface area contributed by atoms with Crippen molar-refractivity contribution in [3.8, 4) is 22.8 Å². The van der Waals surface area contributed by atoms with Gasteiger partial charge in [0.05, 0.1) is 29.7 Å². The van der Waals surface area contributed by atoms with E-state index in [-0.39, 0.29) is 4.90 Å². The minimum Gasteiger partial charge on any atom is -0.497 e. The number of benzene rings is 2. The van der Waals surface area contributed by atoms with Crippen molar-refractivity contribution in [2.24, 2.45) is 0 Å². The fraction of sp³-hybridized carbons (Fsp3) is 0.269. The molecule has 0 fully saturated rings. The number of nitrogens with two attached hydrogens (primary N) is 1. The highest BCUT2D eigenvalue weighted by Gasteiger charge is 2.39. The van der Waals surface area contributed by atoms with Crippen molar-refractivity contribution in [1.82, 2.24) is 14.3 Å². The molecule has 0 saturated heterocycles. The van der Waals surface area contributed by atoms with E-state index >= 15 is 0 Å². The summed E-state index contributed by atoms with van der Waals surface area (Å²) in [6.07, 6.45) is -2.87. The van der Waals surface area contributed by atoms with Gasteiger partial charge in [-0.25, -0.2) is 8.42 Å². The molecule has 4 aromatic rings. The van der Waals surface area contributed by atoms with Crippen molar-refractivity contribution in [2.45, 2.75) is 44.3 Å². The Morgan fingerprint density at radius 2 is 1.81 bits per heavy atom. The number of rotatable bonds is 7. The van der Waals surface area contributed by atoms with Crippen LogP contribution in [0.25, 0.3) is 28.0 Å². The Kier molecular flexibility index (Phi) is 6.95. The molecule has 196 valence electrons.